The molecule has 2 aromatic carbocycles. The zero-order valence-corrected chi connectivity index (χ0v) is 13.3. The van der Waals surface area contributed by atoms with E-state index in [1.165, 1.54) is 0 Å². The molecule has 0 bridgehead atoms. The van der Waals surface area contributed by atoms with Crippen molar-refractivity contribution in [3.8, 4) is 0 Å². The van der Waals surface area contributed by atoms with Crippen molar-refractivity contribution in [3.63, 3.8) is 0 Å². The van der Waals surface area contributed by atoms with Crippen LogP contribution in [0.3, 0.4) is 0 Å². The number of methoxy groups -OCH3 is 1. The fourth-order valence-corrected chi connectivity index (χ4v) is 1.68. The number of nitrogens with two attached hydrogens (primary N) is 1. The maximum absolute atomic E-state index is 13.1. The second kappa shape index (κ2) is 9.01. The number of nitrogens with zero attached hydrogens (tertiary/aromatic N) is 2. The van der Waals surface area contributed by atoms with Gasteiger partial charge in [-0.1, -0.05) is 0 Å². The maximum atomic E-state index is 13.1. The van der Waals surface area contributed by atoms with Crippen LogP contribution in [0.2, 0.25) is 0 Å². The predicted molar refractivity (Wildman–Crippen MR) is 86.2 cm³/mol. The Bertz CT molecular complexity index is 844. The largest absolute Gasteiger partial charge is 0.469 e. The number of hydrogen-bond donors (Lipinski definition) is 1. The van der Waals surface area contributed by atoms with E-state index < -0.39 is 27.5 Å². The standard InChI is InChI=1S/C9H8FNO4.C6H5FN2O2/c1-15-9(12)5-6-4-7(11(13)14)2-3-8(6)10;7-5-2-1-4(9(10)11)3-6(5)8/h2-4H,5H2,1H3;1-3H,8H2. The number of anilines is 1. The van der Waals surface area contributed by atoms with Crippen LogP contribution in [0, 0.1) is 31.9 Å². The number of halogens is 2. The van der Waals surface area contributed by atoms with Crippen molar-refractivity contribution in [2.24, 2.45) is 0 Å². The summed E-state index contributed by atoms with van der Waals surface area (Å²) in [7, 11) is 1.16. The molecule has 2 N–H and O–H groups in total. The highest BCUT2D eigenvalue weighted by Gasteiger charge is 2.13. The van der Waals surface area contributed by atoms with Gasteiger partial charge in [0, 0.05) is 29.8 Å². The summed E-state index contributed by atoms with van der Waals surface area (Å²) >= 11 is 0. The third-order valence-corrected chi connectivity index (χ3v) is 2.99. The van der Waals surface area contributed by atoms with Crippen molar-refractivity contribution < 1.29 is 28.2 Å². The highest BCUT2D eigenvalue weighted by molar-refractivity contribution is 5.72. The van der Waals surface area contributed by atoms with Gasteiger partial charge in [-0.25, -0.2) is 8.78 Å². The number of nitrogen functional groups attached to an aromatic ring is 1. The Morgan fingerprint density at radius 3 is 2.00 bits per heavy atom. The van der Waals surface area contributed by atoms with E-state index in [-0.39, 0.29) is 29.0 Å². The predicted octanol–water partition coefficient (Wildman–Crippen LogP) is 2.77. The lowest BCUT2D eigenvalue weighted by molar-refractivity contribution is -0.385. The summed E-state index contributed by atoms with van der Waals surface area (Å²) < 4.78 is 29.8. The van der Waals surface area contributed by atoms with E-state index in [9.17, 15) is 33.8 Å². The van der Waals surface area contributed by atoms with Crippen LogP contribution in [0.5, 0.6) is 0 Å². The third kappa shape index (κ3) is 5.78. The van der Waals surface area contributed by atoms with E-state index in [4.69, 9.17) is 5.73 Å². The Labute approximate surface area is 145 Å². The van der Waals surface area contributed by atoms with E-state index in [2.05, 4.69) is 4.74 Å². The van der Waals surface area contributed by atoms with Gasteiger partial charge in [0.2, 0.25) is 0 Å². The highest BCUT2D eigenvalue weighted by Crippen LogP contribution is 2.18. The number of rotatable bonds is 4. The Morgan fingerprint density at radius 2 is 1.54 bits per heavy atom. The summed E-state index contributed by atoms with van der Waals surface area (Å²) in [5.74, 6) is -1.95. The van der Waals surface area contributed by atoms with Crippen LogP contribution in [0.4, 0.5) is 25.8 Å². The molecule has 0 atom stereocenters. The van der Waals surface area contributed by atoms with Crippen molar-refractivity contribution >= 4 is 23.0 Å². The summed E-state index contributed by atoms with van der Waals surface area (Å²) in [5.41, 5.74) is 4.37. The van der Waals surface area contributed by atoms with Gasteiger partial charge >= 0.3 is 5.97 Å². The summed E-state index contributed by atoms with van der Waals surface area (Å²) in [5, 5.41) is 20.5. The van der Waals surface area contributed by atoms with Crippen LogP contribution in [0.1, 0.15) is 5.56 Å². The zero-order chi connectivity index (χ0) is 19.9. The molecule has 0 radical (unpaired) electrons. The number of carbonyl (C=O) groups excluding carboxylic acids is 1. The van der Waals surface area contributed by atoms with Crippen molar-refractivity contribution in [2.75, 3.05) is 12.8 Å². The van der Waals surface area contributed by atoms with Gasteiger partial charge in [-0.2, -0.15) is 0 Å². The first-order valence-corrected chi connectivity index (χ1v) is 6.84. The molecule has 9 nitrogen and oxygen atoms in total. The first-order chi connectivity index (χ1) is 12.1. The van der Waals surface area contributed by atoms with E-state index in [0.29, 0.717) is 0 Å². The topological polar surface area (TPSA) is 139 Å². The van der Waals surface area contributed by atoms with E-state index in [1.54, 1.807) is 0 Å². The molecule has 26 heavy (non-hydrogen) atoms. The number of hydrogen-bond acceptors (Lipinski definition) is 7. The summed E-state index contributed by atoms with van der Waals surface area (Å²) in [6.07, 6.45) is -0.315. The molecule has 11 heteroatoms. The molecule has 0 saturated heterocycles. The quantitative estimate of drug-likeness (QED) is 0.378. The molecule has 0 heterocycles. The van der Waals surface area contributed by atoms with Crippen LogP contribution in [-0.2, 0) is 16.0 Å². The zero-order valence-electron chi connectivity index (χ0n) is 13.3. The number of carbonyl (C=O) groups is 1. The Hall–Kier alpha value is -3.63. The Balaban J connectivity index is 0.000000273. The average Bonchev–Trinajstić information content (AvgIpc) is 2.59. The SMILES string of the molecule is COC(=O)Cc1cc([N+](=O)[O-])ccc1F.Nc1cc([N+](=O)[O-])ccc1F. The average molecular weight is 369 g/mol. The molecule has 138 valence electrons. The molecule has 0 aromatic heterocycles. The maximum Gasteiger partial charge on any atom is 0.310 e. The van der Waals surface area contributed by atoms with Crippen LogP contribution >= 0.6 is 0 Å². The second-order valence-corrected chi connectivity index (χ2v) is 4.75. The lowest BCUT2D eigenvalue weighted by atomic mass is 10.1. The van der Waals surface area contributed by atoms with Crippen molar-refractivity contribution in [2.45, 2.75) is 6.42 Å². The minimum absolute atomic E-state index is 0.0453. The number of benzene rings is 2. The van der Waals surface area contributed by atoms with Gasteiger partial charge in [0.1, 0.15) is 11.6 Å². The number of esters is 1. The molecule has 0 amide bonds. The number of non-ortho nitro benzene ring substituents is 2. The lowest BCUT2D eigenvalue weighted by Crippen LogP contribution is -2.06. The van der Waals surface area contributed by atoms with Gasteiger partial charge < -0.3 is 10.5 Å². The minimum atomic E-state index is -0.661. The Morgan fingerprint density at radius 1 is 1.04 bits per heavy atom. The van der Waals surface area contributed by atoms with Gasteiger partial charge in [-0.05, 0) is 12.1 Å². The second-order valence-electron chi connectivity index (χ2n) is 4.75. The molecule has 2 rings (SSSR count). The fourth-order valence-electron chi connectivity index (χ4n) is 1.68. The summed E-state index contributed by atoms with van der Waals surface area (Å²) in [6, 6.07) is 6.02. The molecule has 0 saturated carbocycles. The lowest BCUT2D eigenvalue weighted by Gasteiger charge is -2.01. The third-order valence-electron chi connectivity index (χ3n) is 2.99. The number of nitro groups is 2. The van der Waals surface area contributed by atoms with Crippen LogP contribution in [-0.4, -0.2) is 22.9 Å². The number of nitro benzene ring substituents is 2. The molecule has 0 spiro atoms. The molecule has 2 aromatic rings. The van der Waals surface area contributed by atoms with Gasteiger partial charge in [-0.15, -0.1) is 0 Å². The molecule has 0 unspecified atom stereocenters. The monoisotopic (exact) mass is 369 g/mol. The number of ether oxygens (including phenoxy) is 1. The van der Waals surface area contributed by atoms with Crippen LogP contribution in [0.25, 0.3) is 0 Å². The smallest absolute Gasteiger partial charge is 0.310 e. The minimum Gasteiger partial charge on any atom is -0.469 e. The van der Waals surface area contributed by atoms with Crippen LogP contribution < -0.4 is 5.73 Å². The first-order valence-electron chi connectivity index (χ1n) is 6.84. The molecule has 0 aliphatic heterocycles. The molecule has 0 aliphatic rings. The Kier molecular flexibility index (Phi) is 7.08. The first kappa shape index (κ1) is 20.4. The van der Waals surface area contributed by atoms with Crippen LogP contribution in [0.15, 0.2) is 36.4 Å². The normalized spacial score (nSPS) is 9.65. The van der Waals surface area contributed by atoms with Crippen molar-refractivity contribution in [3.05, 3.63) is 73.8 Å². The van der Waals surface area contributed by atoms with E-state index in [1.807, 2.05) is 0 Å². The molecular formula is C15H13F2N3O6. The van der Waals surface area contributed by atoms with Gasteiger partial charge in [0.25, 0.3) is 11.4 Å². The van der Waals surface area contributed by atoms with Gasteiger partial charge in [-0.3, -0.25) is 25.0 Å². The van der Waals surface area contributed by atoms with Crippen molar-refractivity contribution in [1.82, 2.24) is 0 Å². The highest BCUT2D eigenvalue weighted by atomic mass is 19.1. The van der Waals surface area contributed by atoms with Gasteiger partial charge in [0.05, 0.1) is 29.1 Å². The fraction of sp³-hybridized carbons (Fsp3) is 0.133. The van der Waals surface area contributed by atoms with Gasteiger partial charge in [0.15, 0.2) is 0 Å². The molecular weight excluding hydrogens is 356 g/mol. The molecule has 0 fully saturated rings. The van der Waals surface area contributed by atoms with Crippen molar-refractivity contribution in [1.29, 1.82) is 0 Å². The summed E-state index contributed by atoms with van der Waals surface area (Å²) in [6.45, 7) is 0. The summed E-state index contributed by atoms with van der Waals surface area (Å²) in [4.78, 5) is 30.1. The van der Waals surface area contributed by atoms with E-state index in [0.717, 1.165) is 43.5 Å². The van der Waals surface area contributed by atoms with E-state index >= 15 is 0 Å². The molecule has 0 aliphatic carbocycles.